The average molecular weight is 330 g/mol. The molecule has 0 N–H and O–H groups in total. The molecule has 2 aromatic rings. The van der Waals surface area contributed by atoms with Crippen LogP contribution in [0, 0.1) is 0 Å². The van der Waals surface area contributed by atoms with Gasteiger partial charge in [-0.25, -0.2) is 0 Å². The summed E-state index contributed by atoms with van der Waals surface area (Å²) in [6.07, 6.45) is 2.29. The van der Waals surface area contributed by atoms with Gasteiger partial charge in [-0.05, 0) is 23.9 Å². The van der Waals surface area contributed by atoms with E-state index in [1.807, 2.05) is 29.2 Å². The zero-order valence-electron chi connectivity index (χ0n) is 12.8. The number of allylic oxidation sites excluding steroid dienone is 1. The van der Waals surface area contributed by atoms with E-state index in [1.54, 1.807) is 7.11 Å². The Morgan fingerprint density at radius 3 is 3.09 bits per heavy atom. The number of amidine groups is 1. The van der Waals surface area contributed by atoms with Crippen LogP contribution in [0.1, 0.15) is 24.6 Å². The molecule has 0 saturated carbocycles. The molecule has 0 fully saturated rings. The summed E-state index contributed by atoms with van der Waals surface area (Å²) in [5.74, 6) is 0.965. The summed E-state index contributed by atoms with van der Waals surface area (Å²) in [6.45, 7) is 4.17. The summed E-state index contributed by atoms with van der Waals surface area (Å²) in [4.78, 5) is 9.83. The Labute approximate surface area is 138 Å². The van der Waals surface area contributed by atoms with Crippen LogP contribution in [0.4, 0.5) is 0 Å². The standard InChI is InChI=1S/C17H18N2OS2/c1-3-5-13-15(19-9-8-18-17(19)22-13)14-10-11-6-4-7-12(20-2)16(11)21-14/h4,6-7,10H,3,5,8-9H2,1-2H3. The molecule has 3 heterocycles. The highest BCUT2D eigenvalue weighted by atomic mass is 32.2. The molecule has 1 aromatic heterocycles. The molecule has 0 unspecified atom stereocenters. The van der Waals surface area contributed by atoms with Crippen molar-refractivity contribution in [2.45, 2.75) is 19.8 Å². The Balaban J connectivity index is 1.85. The first-order chi connectivity index (χ1) is 10.8. The van der Waals surface area contributed by atoms with Crippen LogP contribution < -0.4 is 4.74 Å². The van der Waals surface area contributed by atoms with Gasteiger partial charge in [0.15, 0.2) is 5.17 Å². The third kappa shape index (κ3) is 2.15. The van der Waals surface area contributed by atoms with E-state index < -0.39 is 0 Å². The molecule has 0 aliphatic carbocycles. The van der Waals surface area contributed by atoms with Crippen LogP contribution in [0.5, 0.6) is 5.75 Å². The lowest BCUT2D eigenvalue weighted by molar-refractivity contribution is 0.420. The van der Waals surface area contributed by atoms with Crippen molar-refractivity contribution in [3.63, 3.8) is 0 Å². The Kier molecular flexibility index (Phi) is 3.62. The molecule has 114 valence electrons. The summed E-state index contributed by atoms with van der Waals surface area (Å²) < 4.78 is 6.75. The van der Waals surface area contributed by atoms with Crippen molar-refractivity contribution in [2.75, 3.05) is 20.2 Å². The number of rotatable bonds is 4. The molecule has 0 atom stereocenters. The second-order valence-corrected chi connectivity index (χ2v) is 7.54. The van der Waals surface area contributed by atoms with Crippen molar-refractivity contribution >= 4 is 44.0 Å². The minimum absolute atomic E-state index is 0.916. The topological polar surface area (TPSA) is 24.8 Å². The molecule has 0 radical (unpaired) electrons. The second kappa shape index (κ2) is 5.63. The third-order valence-corrected chi connectivity index (χ3v) is 6.34. The number of ether oxygens (including phenoxy) is 1. The quantitative estimate of drug-likeness (QED) is 0.805. The van der Waals surface area contributed by atoms with Gasteiger partial charge in [-0.3, -0.25) is 4.99 Å². The average Bonchev–Trinajstić information content (AvgIpc) is 3.19. The zero-order valence-corrected chi connectivity index (χ0v) is 14.4. The van der Waals surface area contributed by atoms with Gasteiger partial charge in [0.1, 0.15) is 5.75 Å². The lowest BCUT2D eigenvalue weighted by atomic mass is 10.2. The molecule has 22 heavy (non-hydrogen) atoms. The van der Waals surface area contributed by atoms with Crippen molar-refractivity contribution in [2.24, 2.45) is 4.99 Å². The highest BCUT2D eigenvalue weighted by Gasteiger charge is 2.33. The fraction of sp³-hybridized carbons (Fsp3) is 0.353. The SMILES string of the molecule is CCCC1=C(c2cc3cccc(OC)c3s2)N2CCN=C2S1. The van der Waals surface area contributed by atoms with Gasteiger partial charge in [0, 0.05) is 11.4 Å². The monoisotopic (exact) mass is 330 g/mol. The molecule has 1 aromatic carbocycles. The number of thioether (sulfide) groups is 1. The van der Waals surface area contributed by atoms with Crippen LogP contribution in [0.25, 0.3) is 15.8 Å². The van der Waals surface area contributed by atoms with Crippen LogP contribution in [0.3, 0.4) is 0 Å². The summed E-state index contributed by atoms with van der Waals surface area (Å²) in [5, 5.41) is 2.44. The molecular formula is C17H18N2OS2. The van der Waals surface area contributed by atoms with Crippen LogP contribution >= 0.6 is 23.1 Å². The van der Waals surface area contributed by atoms with Gasteiger partial charge < -0.3 is 9.64 Å². The Morgan fingerprint density at radius 1 is 1.36 bits per heavy atom. The van der Waals surface area contributed by atoms with Crippen LogP contribution in [-0.2, 0) is 0 Å². The van der Waals surface area contributed by atoms with Gasteiger partial charge in [0.2, 0.25) is 0 Å². The van der Waals surface area contributed by atoms with Gasteiger partial charge >= 0.3 is 0 Å². The highest BCUT2D eigenvalue weighted by molar-refractivity contribution is 8.17. The van der Waals surface area contributed by atoms with E-state index >= 15 is 0 Å². The summed E-state index contributed by atoms with van der Waals surface area (Å²) in [7, 11) is 1.74. The molecule has 2 aliphatic rings. The largest absolute Gasteiger partial charge is 0.495 e. The van der Waals surface area contributed by atoms with E-state index in [2.05, 4.69) is 35.0 Å². The van der Waals surface area contributed by atoms with E-state index in [0.29, 0.717) is 0 Å². The van der Waals surface area contributed by atoms with Crippen molar-refractivity contribution in [3.05, 3.63) is 34.0 Å². The number of hydrogen-bond donors (Lipinski definition) is 0. The van der Waals surface area contributed by atoms with Crippen molar-refractivity contribution in [1.29, 1.82) is 0 Å². The third-order valence-electron chi connectivity index (χ3n) is 3.99. The van der Waals surface area contributed by atoms with Crippen LogP contribution in [-0.4, -0.2) is 30.3 Å². The smallest absolute Gasteiger partial charge is 0.168 e. The van der Waals surface area contributed by atoms with Gasteiger partial charge in [0.25, 0.3) is 0 Å². The first kappa shape index (κ1) is 14.2. The number of hydrogen-bond acceptors (Lipinski definition) is 5. The molecule has 0 bridgehead atoms. The predicted octanol–water partition coefficient (Wildman–Crippen LogP) is 4.80. The van der Waals surface area contributed by atoms with E-state index in [4.69, 9.17) is 4.74 Å². The fourth-order valence-corrected chi connectivity index (χ4v) is 5.60. The number of methoxy groups -OCH3 is 1. The highest BCUT2D eigenvalue weighted by Crippen LogP contribution is 2.47. The van der Waals surface area contributed by atoms with E-state index in [9.17, 15) is 0 Å². The minimum atomic E-state index is 0.916. The van der Waals surface area contributed by atoms with Gasteiger partial charge in [-0.15, -0.1) is 11.3 Å². The molecule has 0 amide bonds. The summed E-state index contributed by atoms with van der Waals surface area (Å²) in [5.41, 5.74) is 1.38. The molecule has 2 aliphatic heterocycles. The molecule has 3 nitrogen and oxygen atoms in total. The molecule has 4 rings (SSSR count). The van der Waals surface area contributed by atoms with E-state index in [-0.39, 0.29) is 0 Å². The zero-order chi connectivity index (χ0) is 15.1. The van der Waals surface area contributed by atoms with Crippen molar-refractivity contribution in [1.82, 2.24) is 4.90 Å². The van der Waals surface area contributed by atoms with Crippen molar-refractivity contribution < 1.29 is 4.74 Å². The van der Waals surface area contributed by atoms with Crippen molar-refractivity contribution in [3.8, 4) is 5.75 Å². The number of aliphatic imine (C=N–C) groups is 1. The normalized spacial score (nSPS) is 17.4. The number of thiophene rings is 1. The maximum atomic E-state index is 5.52. The number of benzene rings is 1. The van der Waals surface area contributed by atoms with Gasteiger partial charge in [0.05, 0.1) is 28.9 Å². The first-order valence-electron chi connectivity index (χ1n) is 7.61. The number of nitrogens with zero attached hydrogens (tertiary/aromatic N) is 2. The first-order valence-corrected chi connectivity index (χ1v) is 9.25. The lowest BCUT2D eigenvalue weighted by Gasteiger charge is -2.15. The molecule has 0 spiro atoms. The Morgan fingerprint density at radius 2 is 2.27 bits per heavy atom. The van der Waals surface area contributed by atoms with E-state index in [0.717, 1.165) is 25.3 Å². The van der Waals surface area contributed by atoms with Crippen LogP contribution in [0.2, 0.25) is 0 Å². The van der Waals surface area contributed by atoms with Crippen LogP contribution in [0.15, 0.2) is 34.2 Å². The second-order valence-electron chi connectivity index (χ2n) is 5.43. The minimum Gasteiger partial charge on any atom is -0.495 e. The van der Waals surface area contributed by atoms with E-state index in [1.165, 1.54) is 37.2 Å². The molecule has 5 heteroatoms. The van der Waals surface area contributed by atoms with Gasteiger partial charge in [-0.1, -0.05) is 37.2 Å². The molecular weight excluding hydrogens is 312 g/mol. The summed E-state index contributed by atoms with van der Waals surface area (Å²) in [6, 6.07) is 8.57. The maximum absolute atomic E-state index is 5.52. The maximum Gasteiger partial charge on any atom is 0.168 e. The predicted molar refractivity (Wildman–Crippen MR) is 96.8 cm³/mol. The number of fused-ring (bicyclic) bond motifs is 2. The molecule has 0 saturated heterocycles. The summed E-state index contributed by atoms with van der Waals surface area (Å²) >= 11 is 3.69. The van der Waals surface area contributed by atoms with Gasteiger partial charge in [-0.2, -0.15) is 0 Å². The Hall–Kier alpha value is -1.46. The fourth-order valence-electron chi connectivity index (χ4n) is 3.01. The Bertz CT molecular complexity index is 791. The lowest BCUT2D eigenvalue weighted by Crippen LogP contribution is -2.19.